The first kappa shape index (κ1) is 17.2. The number of aromatic nitrogens is 3. The Bertz CT molecular complexity index is 749. The van der Waals surface area contributed by atoms with E-state index in [9.17, 15) is 4.79 Å². The van der Waals surface area contributed by atoms with Gasteiger partial charge in [0.15, 0.2) is 0 Å². The van der Waals surface area contributed by atoms with Crippen molar-refractivity contribution in [1.82, 2.24) is 24.3 Å². The zero-order valence-corrected chi connectivity index (χ0v) is 15.5. The quantitative estimate of drug-likeness (QED) is 0.846. The number of likely N-dealkylation sites (tertiary alicyclic amines) is 2. The normalized spacial score (nSPS) is 20.7. The van der Waals surface area contributed by atoms with Crippen molar-refractivity contribution >= 4 is 5.91 Å². The summed E-state index contributed by atoms with van der Waals surface area (Å²) in [5.74, 6) is 0.289. The molecule has 1 amide bonds. The molecule has 4 rings (SSSR count). The molecule has 0 radical (unpaired) electrons. The molecule has 6 heteroatoms. The number of rotatable bonds is 4. The molecule has 26 heavy (non-hydrogen) atoms. The van der Waals surface area contributed by atoms with E-state index in [0.717, 1.165) is 38.2 Å². The maximum atomic E-state index is 12.4. The minimum atomic E-state index is 0.289. The van der Waals surface area contributed by atoms with Gasteiger partial charge in [0.1, 0.15) is 0 Å². The van der Waals surface area contributed by atoms with Crippen LogP contribution in [0.2, 0.25) is 0 Å². The van der Waals surface area contributed by atoms with Crippen LogP contribution in [-0.2, 0) is 24.9 Å². The third kappa shape index (κ3) is 3.65. The lowest BCUT2D eigenvalue weighted by molar-refractivity contribution is -0.140. The van der Waals surface area contributed by atoms with Crippen molar-refractivity contribution in [3.63, 3.8) is 0 Å². The van der Waals surface area contributed by atoms with Gasteiger partial charge in [-0.3, -0.25) is 14.7 Å². The highest BCUT2D eigenvalue weighted by molar-refractivity contribution is 5.77. The van der Waals surface area contributed by atoms with Gasteiger partial charge >= 0.3 is 0 Å². The molecular formula is C20H27N5O. The highest BCUT2D eigenvalue weighted by Gasteiger charge is 2.40. The van der Waals surface area contributed by atoms with Crippen LogP contribution in [0.5, 0.6) is 0 Å². The first-order valence-electron chi connectivity index (χ1n) is 9.48. The van der Waals surface area contributed by atoms with Gasteiger partial charge in [-0.15, -0.1) is 0 Å². The molecule has 0 atom stereocenters. The smallest absolute Gasteiger partial charge is 0.222 e. The Hall–Kier alpha value is -2.21. The average molecular weight is 353 g/mol. The molecule has 2 saturated heterocycles. The summed E-state index contributed by atoms with van der Waals surface area (Å²) < 4.78 is 2.10. The van der Waals surface area contributed by atoms with E-state index in [4.69, 9.17) is 0 Å². The number of aryl methyl sites for hydroxylation is 1. The van der Waals surface area contributed by atoms with Gasteiger partial charge in [0.2, 0.25) is 5.91 Å². The molecular weight excluding hydrogens is 326 g/mol. The number of piperidine rings is 2. The van der Waals surface area contributed by atoms with Crippen LogP contribution in [0.1, 0.15) is 36.9 Å². The lowest BCUT2D eigenvalue weighted by Gasteiger charge is -2.47. The Morgan fingerprint density at radius 1 is 1.12 bits per heavy atom. The van der Waals surface area contributed by atoms with Crippen molar-refractivity contribution < 1.29 is 4.79 Å². The fourth-order valence-electron chi connectivity index (χ4n) is 4.32. The lowest BCUT2D eigenvalue weighted by Crippen LogP contribution is -2.51. The molecule has 0 aromatic carbocycles. The van der Waals surface area contributed by atoms with Crippen molar-refractivity contribution in [2.24, 2.45) is 12.5 Å². The number of imidazole rings is 1. The summed E-state index contributed by atoms with van der Waals surface area (Å²) in [5, 5.41) is 0. The standard InChI is InChI=1S/C20H27N5O/c1-23-16-22-12-18(23)14-24-9-6-20(7-10-24)5-4-19(26)25(15-20)13-17-3-2-8-21-11-17/h2-3,8,11-12,16H,4-7,9-10,13-15H2,1H3. The van der Waals surface area contributed by atoms with Gasteiger partial charge in [-0.25, -0.2) is 4.98 Å². The van der Waals surface area contributed by atoms with Crippen molar-refractivity contribution in [3.05, 3.63) is 48.3 Å². The monoisotopic (exact) mass is 353 g/mol. The zero-order chi connectivity index (χ0) is 18.0. The second kappa shape index (κ2) is 7.19. The van der Waals surface area contributed by atoms with Crippen molar-refractivity contribution in [2.45, 2.75) is 38.8 Å². The summed E-state index contributed by atoms with van der Waals surface area (Å²) in [5.41, 5.74) is 2.67. The van der Waals surface area contributed by atoms with Gasteiger partial charge in [0.05, 0.1) is 12.0 Å². The lowest BCUT2D eigenvalue weighted by atomic mass is 9.72. The first-order valence-corrected chi connectivity index (χ1v) is 9.48. The highest BCUT2D eigenvalue weighted by atomic mass is 16.2. The van der Waals surface area contributed by atoms with Gasteiger partial charge in [-0.2, -0.15) is 0 Å². The number of nitrogens with zero attached hydrogens (tertiary/aromatic N) is 5. The zero-order valence-electron chi connectivity index (χ0n) is 15.5. The van der Waals surface area contributed by atoms with Crippen LogP contribution in [0, 0.1) is 5.41 Å². The predicted molar refractivity (Wildman–Crippen MR) is 99.0 cm³/mol. The third-order valence-corrected chi connectivity index (χ3v) is 6.06. The van der Waals surface area contributed by atoms with Gasteiger partial charge in [0, 0.05) is 51.7 Å². The third-order valence-electron chi connectivity index (χ3n) is 6.06. The molecule has 0 unspecified atom stereocenters. The molecule has 4 heterocycles. The minimum absolute atomic E-state index is 0.289. The summed E-state index contributed by atoms with van der Waals surface area (Å²) in [6, 6.07) is 3.99. The Kier molecular flexibility index (Phi) is 4.76. The summed E-state index contributed by atoms with van der Waals surface area (Å²) in [6.45, 7) is 4.73. The Morgan fingerprint density at radius 3 is 2.65 bits per heavy atom. The Balaban J connectivity index is 1.37. The molecule has 2 fully saturated rings. The maximum Gasteiger partial charge on any atom is 0.222 e. The summed E-state index contributed by atoms with van der Waals surface area (Å²) in [6.07, 6.45) is 11.5. The number of pyridine rings is 1. The molecule has 0 bridgehead atoms. The van der Waals surface area contributed by atoms with Gasteiger partial charge in [0.25, 0.3) is 0 Å². The average Bonchev–Trinajstić information content (AvgIpc) is 3.06. The van der Waals surface area contributed by atoms with Gasteiger partial charge < -0.3 is 9.47 Å². The van der Waals surface area contributed by atoms with E-state index in [0.29, 0.717) is 18.4 Å². The summed E-state index contributed by atoms with van der Waals surface area (Å²) in [7, 11) is 2.05. The summed E-state index contributed by atoms with van der Waals surface area (Å²) in [4.78, 5) is 25.4. The van der Waals surface area contributed by atoms with Crippen LogP contribution in [0.25, 0.3) is 0 Å². The maximum absolute atomic E-state index is 12.4. The number of amides is 1. The van der Waals surface area contributed by atoms with E-state index >= 15 is 0 Å². The molecule has 0 N–H and O–H groups in total. The van der Waals surface area contributed by atoms with Crippen LogP contribution >= 0.6 is 0 Å². The van der Waals surface area contributed by atoms with E-state index < -0.39 is 0 Å². The second-order valence-electron chi connectivity index (χ2n) is 7.88. The van der Waals surface area contributed by atoms with Crippen LogP contribution < -0.4 is 0 Å². The summed E-state index contributed by atoms with van der Waals surface area (Å²) >= 11 is 0. The largest absolute Gasteiger partial charge is 0.338 e. The molecule has 2 aliphatic heterocycles. The Labute approximate surface area is 154 Å². The molecule has 138 valence electrons. The molecule has 1 spiro atoms. The topological polar surface area (TPSA) is 54.3 Å². The molecule has 0 aliphatic carbocycles. The van der Waals surface area contributed by atoms with E-state index in [1.165, 1.54) is 18.5 Å². The molecule has 2 aromatic heterocycles. The fraction of sp³-hybridized carbons (Fsp3) is 0.550. The van der Waals surface area contributed by atoms with E-state index in [1.807, 2.05) is 24.8 Å². The van der Waals surface area contributed by atoms with Crippen LogP contribution in [-0.4, -0.2) is 49.9 Å². The van der Waals surface area contributed by atoms with Crippen LogP contribution in [0.15, 0.2) is 37.1 Å². The van der Waals surface area contributed by atoms with E-state index in [1.54, 1.807) is 6.20 Å². The molecule has 2 aromatic rings. The number of carbonyl (C=O) groups is 1. The highest BCUT2D eigenvalue weighted by Crippen LogP contribution is 2.40. The van der Waals surface area contributed by atoms with Crippen molar-refractivity contribution in [2.75, 3.05) is 19.6 Å². The minimum Gasteiger partial charge on any atom is -0.338 e. The molecule has 6 nitrogen and oxygen atoms in total. The van der Waals surface area contributed by atoms with E-state index in [-0.39, 0.29) is 5.91 Å². The number of hydrogen-bond acceptors (Lipinski definition) is 4. The van der Waals surface area contributed by atoms with E-state index in [2.05, 4.69) is 37.4 Å². The number of hydrogen-bond donors (Lipinski definition) is 0. The van der Waals surface area contributed by atoms with Crippen LogP contribution in [0.3, 0.4) is 0 Å². The number of carbonyl (C=O) groups excluding carboxylic acids is 1. The van der Waals surface area contributed by atoms with Crippen molar-refractivity contribution in [1.29, 1.82) is 0 Å². The Morgan fingerprint density at radius 2 is 1.96 bits per heavy atom. The first-order chi connectivity index (χ1) is 12.6. The van der Waals surface area contributed by atoms with Gasteiger partial charge in [-0.1, -0.05) is 6.07 Å². The SMILES string of the molecule is Cn1cncc1CN1CCC2(CCC(=O)N(Cc3cccnc3)C2)CC1. The second-order valence-corrected chi connectivity index (χ2v) is 7.88. The fourth-order valence-corrected chi connectivity index (χ4v) is 4.32. The molecule has 0 saturated carbocycles. The molecule has 2 aliphatic rings. The van der Waals surface area contributed by atoms with Gasteiger partial charge in [-0.05, 0) is 49.4 Å². The van der Waals surface area contributed by atoms with Crippen LogP contribution in [0.4, 0.5) is 0 Å². The van der Waals surface area contributed by atoms with Crippen molar-refractivity contribution in [3.8, 4) is 0 Å². The predicted octanol–water partition coefficient (Wildman–Crippen LogP) is 2.22.